The molecule has 1 saturated carbocycles. The van der Waals surface area contributed by atoms with E-state index in [0.717, 1.165) is 36.2 Å². The van der Waals surface area contributed by atoms with Crippen LogP contribution in [0.15, 0.2) is 0 Å². The van der Waals surface area contributed by atoms with Crippen LogP contribution in [0.2, 0.25) is 0 Å². The molecule has 4 rings (SSSR count). The van der Waals surface area contributed by atoms with Crippen molar-refractivity contribution >= 4 is 5.91 Å². The zero-order chi connectivity index (χ0) is 18.3. The highest BCUT2D eigenvalue weighted by atomic mass is 16.5. The molecule has 3 aliphatic rings. The summed E-state index contributed by atoms with van der Waals surface area (Å²) in [5.41, 5.74) is 2.56. The molecule has 0 aromatic carbocycles. The molecule has 0 radical (unpaired) electrons. The second kappa shape index (κ2) is 6.94. The molecule has 0 unspecified atom stereocenters. The smallest absolute Gasteiger partial charge is 0.272 e. The molecular formula is C19H29N3O4. The van der Waals surface area contributed by atoms with Crippen molar-refractivity contribution < 1.29 is 19.0 Å². The lowest BCUT2D eigenvalue weighted by molar-refractivity contribution is -0.142. The number of amides is 1. The van der Waals surface area contributed by atoms with Gasteiger partial charge in [0.25, 0.3) is 5.91 Å². The van der Waals surface area contributed by atoms with Gasteiger partial charge >= 0.3 is 0 Å². The van der Waals surface area contributed by atoms with Crippen LogP contribution < -0.4 is 0 Å². The van der Waals surface area contributed by atoms with Gasteiger partial charge in [0.1, 0.15) is 5.69 Å². The van der Waals surface area contributed by atoms with E-state index in [1.54, 1.807) is 7.11 Å². The average Bonchev–Trinajstić information content (AvgIpc) is 2.96. The minimum absolute atomic E-state index is 0.0747. The highest BCUT2D eigenvalue weighted by Crippen LogP contribution is 2.39. The zero-order valence-electron chi connectivity index (χ0n) is 16.0. The van der Waals surface area contributed by atoms with Crippen LogP contribution in [-0.2, 0) is 27.2 Å². The fourth-order valence-electron chi connectivity index (χ4n) is 4.41. The molecule has 2 aliphatic heterocycles. The molecule has 7 heteroatoms. The molecule has 1 spiro atoms. The van der Waals surface area contributed by atoms with E-state index >= 15 is 0 Å². The summed E-state index contributed by atoms with van der Waals surface area (Å²) in [6.45, 7) is 7.12. The first kappa shape index (κ1) is 17.9. The maximum absolute atomic E-state index is 13.5. The Morgan fingerprint density at radius 3 is 2.88 bits per heavy atom. The van der Waals surface area contributed by atoms with E-state index in [2.05, 4.69) is 6.92 Å². The Balaban J connectivity index is 1.66. The Kier molecular flexibility index (Phi) is 4.79. The molecule has 1 saturated heterocycles. The van der Waals surface area contributed by atoms with Gasteiger partial charge in [-0.15, -0.1) is 0 Å². The molecule has 2 fully saturated rings. The normalized spacial score (nSPS) is 27.3. The van der Waals surface area contributed by atoms with Crippen LogP contribution in [0.25, 0.3) is 0 Å². The Labute approximate surface area is 154 Å². The Morgan fingerprint density at radius 1 is 1.38 bits per heavy atom. The van der Waals surface area contributed by atoms with Crippen LogP contribution in [0.1, 0.15) is 61.0 Å². The number of hydrogen-bond donors (Lipinski definition) is 0. The molecular weight excluding hydrogens is 334 g/mol. The van der Waals surface area contributed by atoms with Gasteiger partial charge < -0.3 is 19.1 Å². The van der Waals surface area contributed by atoms with Crippen molar-refractivity contribution in [3.05, 3.63) is 17.0 Å². The largest absolute Gasteiger partial charge is 0.383 e. The van der Waals surface area contributed by atoms with E-state index in [9.17, 15) is 4.79 Å². The maximum atomic E-state index is 13.5. The number of carbonyl (C=O) groups excluding carboxylic acids is 1. The predicted molar refractivity (Wildman–Crippen MR) is 95.2 cm³/mol. The van der Waals surface area contributed by atoms with Crippen molar-refractivity contribution in [2.45, 2.75) is 63.9 Å². The summed E-state index contributed by atoms with van der Waals surface area (Å²) in [4.78, 5) is 15.5. The fourth-order valence-corrected chi connectivity index (χ4v) is 4.41. The summed E-state index contributed by atoms with van der Waals surface area (Å²) in [5, 5.41) is 4.72. The first-order valence-electron chi connectivity index (χ1n) is 9.70. The minimum atomic E-state index is -0.102. The molecule has 2 atom stereocenters. The number of fused-ring (bicyclic) bond motifs is 1. The summed E-state index contributed by atoms with van der Waals surface area (Å²) in [5.74, 6) is 0.0747. The summed E-state index contributed by atoms with van der Waals surface area (Å²) in [7, 11) is 1.67. The quantitative estimate of drug-likeness (QED) is 0.818. The summed E-state index contributed by atoms with van der Waals surface area (Å²) >= 11 is 0. The van der Waals surface area contributed by atoms with Crippen molar-refractivity contribution in [2.24, 2.45) is 0 Å². The van der Waals surface area contributed by atoms with Gasteiger partial charge in [-0.25, -0.2) is 0 Å². The highest BCUT2D eigenvalue weighted by molar-refractivity contribution is 5.94. The first-order chi connectivity index (χ1) is 12.5. The van der Waals surface area contributed by atoms with Crippen molar-refractivity contribution in [1.29, 1.82) is 0 Å². The monoisotopic (exact) mass is 363 g/mol. The van der Waals surface area contributed by atoms with Crippen LogP contribution >= 0.6 is 0 Å². The topological polar surface area (TPSA) is 65.8 Å². The molecule has 1 aromatic heterocycles. The van der Waals surface area contributed by atoms with Crippen molar-refractivity contribution in [3.8, 4) is 0 Å². The van der Waals surface area contributed by atoms with Gasteiger partial charge in [0.15, 0.2) is 0 Å². The minimum Gasteiger partial charge on any atom is -0.383 e. The Bertz CT molecular complexity index is 683. The van der Waals surface area contributed by atoms with Crippen molar-refractivity contribution in [1.82, 2.24) is 14.7 Å². The van der Waals surface area contributed by atoms with E-state index in [4.69, 9.17) is 19.3 Å². The number of aromatic nitrogens is 2. The third-order valence-electron chi connectivity index (χ3n) is 5.90. The molecule has 1 aromatic rings. The number of nitrogens with zero attached hydrogens (tertiary/aromatic N) is 3. The summed E-state index contributed by atoms with van der Waals surface area (Å²) < 4.78 is 19.0. The summed E-state index contributed by atoms with van der Waals surface area (Å²) in [6, 6.07) is 0. The van der Waals surface area contributed by atoms with E-state index in [-0.39, 0.29) is 23.7 Å². The standard InChI is InChI=1S/C19H29N3O4/c1-13-11-15-16(14(2)26-13)20-22(8-9-24-3)17(15)18(23)21-7-10-25-19(12-21)5-4-6-19/h13-14H,4-12H2,1-3H3/t13-,14+/m0/s1. The van der Waals surface area contributed by atoms with E-state index in [0.29, 0.717) is 32.8 Å². The number of ether oxygens (including phenoxy) is 3. The molecule has 7 nitrogen and oxygen atoms in total. The predicted octanol–water partition coefficient (Wildman–Crippen LogP) is 1.95. The lowest BCUT2D eigenvalue weighted by Crippen LogP contribution is -2.57. The van der Waals surface area contributed by atoms with Gasteiger partial charge in [-0.1, -0.05) is 0 Å². The van der Waals surface area contributed by atoms with E-state index in [1.165, 1.54) is 6.42 Å². The number of morpholine rings is 1. The fraction of sp³-hybridized carbons (Fsp3) is 0.789. The summed E-state index contributed by atoms with van der Waals surface area (Å²) in [6.07, 6.45) is 4.02. The second-order valence-corrected chi connectivity index (χ2v) is 7.83. The van der Waals surface area contributed by atoms with Crippen LogP contribution in [0.5, 0.6) is 0 Å². The molecule has 1 amide bonds. The van der Waals surface area contributed by atoms with Gasteiger partial charge in [0, 0.05) is 25.6 Å². The van der Waals surface area contributed by atoms with Crippen molar-refractivity contribution in [3.63, 3.8) is 0 Å². The van der Waals surface area contributed by atoms with Gasteiger partial charge in [-0.2, -0.15) is 5.10 Å². The lowest BCUT2D eigenvalue weighted by atomic mass is 9.79. The number of carbonyl (C=O) groups is 1. The SMILES string of the molecule is COCCn1nc2c(c1C(=O)N1CCOC3(CCC3)C1)C[C@H](C)O[C@@H]2C. The van der Waals surface area contributed by atoms with Crippen LogP contribution in [-0.4, -0.2) is 65.7 Å². The molecule has 0 N–H and O–H groups in total. The van der Waals surface area contributed by atoms with Crippen LogP contribution in [0.3, 0.4) is 0 Å². The number of hydrogen-bond acceptors (Lipinski definition) is 5. The maximum Gasteiger partial charge on any atom is 0.272 e. The van der Waals surface area contributed by atoms with Crippen LogP contribution in [0, 0.1) is 0 Å². The number of methoxy groups -OCH3 is 1. The number of rotatable bonds is 4. The van der Waals surface area contributed by atoms with Gasteiger partial charge in [-0.05, 0) is 33.1 Å². The van der Waals surface area contributed by atoms with Gasteiger partial charge in [-0.3, -0.25) is 9.48 Å². The van der Waals surface area contributed by atoms with Crippen LogP contribution in [0.4, 0.5) is 0 Å². The van der Waals surface area contributed by atoms with E-state index in [1.807, 2.05) is 16.5 Å². The third kappa shape index (κ3) is 3.06. The van der Waals surface area contributed by atoms with Gasteiger partial charge in [0.2, 0.25) is 0 Å². The Morgan fingerprint density at radius 2 is 2.19 bits per heavy atom. The molecule has 3 heterocycles. The lowest BCUT2D eigenvalue weighted by Gasteiger charge is -2.48. The van der Waals surface area contributed by atoms with Gasteiger partial charge in [0.05, 0.1) is 49.8 Å². The molecule has 26 heavy (non-hydrogen) atoms. The van der Waals surface area contributed by atoms with E-state index < -0.39 is 0 Å². The zero-order valence-corrected chi connectivity index (χ0v) is 16.0. The molecule has 1 aliphatic carbocycles. The third-order valence-corrected chi connectivity index (χ3v) is 5.90. The second-order valence-electron chi connectivity index (χ2n) is 7.83. The highest BCUT2D eigenvalue weighted by Gasteiger charge is 2.44. The first-order valence-corrected chi connectivity index (χ1v) is 9.70. The average molecular weight is 363 g/mol. The van der Waals surface area contributed by atoms with Crippen molar-refractivity contribution in [2.75, 3.05) is 33.4 Å². The molecule has 144 valence electrons. The Hall–Kier alpha value is -1.44. The molecule has 0 bridgehead atoms.